The van der Waals surface area contributed by atoms with E-state index >= 15 is 0 Å². The molecule has 0 bridgehead atoms. The van der Waals surface area contributed by atoms with Gasteiger partial charge >= 0.3 is 0 Å². The maximum atomic E-state index is 3.60. The SMILES string of the molecule is CC(C)c1ccccc1NCc1cccc2ccccc12. The molecule has 0 aliphatic rings. The van der Waals surface area contributed by atoms with E-state index in [0.717, 1.165) is 6.54 Å². The van der Waals surface area contributed by atoms with Crippen LogP contribution in [0.15, 0.2) is 66.7 Å². The zero-order valence-electron chi connectivity index (χ0n) is 12.6. The molecular formula is C20H21N. The molecule has 3 rings (SSSR count). The maximum Gasteiger partial charge on any atom is 0.0407 e. The number of hydrogen-bond acceptors (Lipinski definition) is 1. The average molecular weight is 275 g/mol. The Balaban J connectivity index is 1.87. The number of hydrogen-bond donors (Lipinski definition) is 1. The van der Waals surface area contributed by atoms with Crippen LogP contribution < -0.4 is 5.32 Å². The van der Waals surface area contributed by atoms with Crippen LogP contribution in [0.25, 0.3) is 10.8 Å². The Morgan fingerprint density at radius 3 is 2.38 bits per heavy atom. The van der Waals surface area contributed by atoms with Crippen molar-refractivity contribution in [1.82, 2.24) is 0 Å². The maximum absolute atomic E-state index is 3.60. The molecule has 0 spiro atoms. The summed E-state index contributed by atoms with van der Waals surface area (Å²) in [5.41, 5.74) is 3.95. The molecule has 0 saturated carbocycles. The van der Waals surface area contributed by atoms with Crippen molar-refractivity contribution in [2.24, 2.45) is 0 Å². The second-order valence-corrected chi connectivity index (χ2v) is 5.73. The van der Waals surface area contributed by atoms with Crippen molar-refractivity contribution in [2.45, 2.75) is 26.3 Å². The molecule has 1 nitrogen and oxygen atoms in total. The van der Waals surface area contributed by atoms with E-state index in [4.69, 9.17) is 0 Å². The second kappa shape index (κ2) is 6.01. The normalized spacial score (nSPS) is 11.0. The van der Waals surface area contributed by atoms with E-state index in [1.54, 1.807) is 0 Å². The Kier molecular flexibility index (Phi) is 3.92. The van der Waals surface area contributed by atoms with E-state index < -0.39 is 0 Å². The lowest BCUT2D eigenvalue weighted by Gasteiger charge is -2.15. The minimum Gasteiger partial charge on any atom is -0.381 e. The van der Waals surface area contributed by atoms with Crippen LogP contribution in [0, 0.1) is 0 Å². The Morgan fingerprint density at radius 2 is 1.52 bits per heavy atom. The lowest BCUT2D eigenvalue weighted by Crippen LogP contribution is -2.03. The van der Waals surface area contributed by atoms with Gasteiger partial charge in [-0.15, -0.1) is 0 Å². The number of fused-ring (bicyclic) bond motifs is 1. The van der Waals surface area contributed by atoms with Gasteiger partial charge in [-0.3, -0.25) is 0 Å². The van der Waals surface area contributed by atoms with Gasteiger partial charge in [-0.1, -0.05) is 74.5 Å². The second-order valence-electron chi connectivity index (χ2n) is 5.73. The molecule has 1 heteroatoms. The highest BCUT2D eigenvalue weighted by Gasteiger charge is 2.06. The van der Waals surface area contributed by atoms with E-state index in [-0.39, 0.29) is 0 Å². The number of rotatable bonds is 4. The summed E-state index contributed by atoms with van der Waals surface area (Å²) < 4.78 is 0. The summed E-state index contributed by atoms with van der Waals surface area (Å²) in [6.45, 7) is 5.32. The van der Waals surface area contributed by atoms with Crippen LogP contribution in [0.2, 0.25) is 0 Å². The summed E-state index contributed by atoms with van der Waals surface area (Å²) in [6.07, 6.45) is 0. The van der Waals surface area contributed by atoms with E-state index in [2.05, 4.69) is 85.9 Å². The van der Waals surface area contributed by atoms with Crippen LogP contribution in [-0.2, 0) is 6.54 Å². The van der Waals surface area contributed by atoms with E-state index in [0.29, 0.717) is 5.92 Å². The van der Waals surface area contributed by atoms with Crippen LogP contribution in [0.3, 0.4) is 0 Å². The summed E-state index contributed by atoms with van der Waals surface area (Å²) in [5.74, 6) is 0.529. The van der Waals surface area contributed by atoms with Crippen LogP contribution in [-0.4, -0.2) is 0 Å². The van der Waals surface area contributed by atoms with Gasteiger partial charge in [0.2, 0.25) is 0 Å². The van der Waals surface area contributed by atoms with Crippen LogP contribution in [0.4, 0.5) is 5.69 Å². The first-order chi connectivity index (χ1) is 10.3. The third-order valence-corrected chi connectivity index (χ3v) is 3.93. The number of benzene rings is 3. The summed E-state index contributed by atoms with van der Waals surface area (Å²) in [7, 11) is 0. The van der Waals surface area contributed by atoms with Crippen molar-refractivity contribution < 1.29 is 0 Å². The largest absolute Gasteiger partial charge is 0.381 e. The molecular weight excluding hydrogens is 254 g/mol. The van der Waals surface area contributed by atoms with Crippen molar-refractivity contribution in [2.75, 3.05) is 5.32 Å². The van der Waals surface area contributed by atoms with Gasteiger partial charge in [-0.2, -0.15) is 0 Å². The molecule has 1 N–H and O–H groups in total. The van der Waals surface area contributed by atoms with Gasteiger partial charge in [-0.25, -0.2) is 0 Å². The summed E-state index contributed by atoms with van der Waals surface area (Å²) >= 11 is 0. The molecule has 0 aliphatic heterocycles. The molecule has 0 radical (unpaired) electrons. The Bertz CT molecular complexity index is 738. The van der Waals surface area contributed by atoms with Gasteiger partial charge in [0, 0.05) is 12.2 Å². The molecule has 0 atom stereocenters. The fourth-order valence-corrected chi connectivity index (χ4v) is 2.80. The highest BCUT2D eigenvalue weighted by atomic mass is 14.9. The van der Waals surface area contributed by atoms with Crippen molar-refractivity contribution in [3.63, 3.8) is 0 Å². The smallest absolute Gasteiger partial charge is 0.0407 e. The van der Waals surface area contributed by atoms with Gasteiger partial charge in [-0.05, 0) is 33.9 Å². The highest BCUT2D eigenvalue weighted by molar-refractivity contribution is 5.85. The minimum atomic E-state index is 0.529. The van der Waals surface area contributed by atoms with Gasteiger partial charge < -0.3 is 5.32 Å². The van der Waals surface area contributed by atoms with Crippen LogP contribution in [0.1, 0.15) is 30.9 Å². The topological polar surface area (TPSA) is 12.0 Å². The Labute approximate surface area is 126 Å². The van der Waals surface area contributed by atoms with Crippen molar-refractivity contribution in [3.8, 4) is 0 Å². The fourth-order valence-electron chi connectivity index (χ4n) is 2.80. The molecule has 3 aromatic carbocycles. The summed E-state index contributed by atoms with van der Waals surface area (Å²) in [5, 5.41) is 6.23. The summed E-state index contributed by atoms with van der Waals surface area (Å²) in [6, 6.07) is 23.6. The number of para-hydroxylation sites is 1. The predicted octanol–water partition coefficient (Wildman–Crippen LogP) is 5.58. The van der Waals surface area contributed by atoms with E-state index in [9.17, 15) is 0 Å². The quantitative estimate of drug-likeness (QED) is 0.656. The van der Waals surface area contributed by atoms with Gasteiger partial charge in [0.25, 0.3) is 0 Å². The molecule has 3 aromatic rings. The molecule has 0 amide bonds. The van der Waals surface area contributed by atoms with Crippen molar-refractivity contribution in [1.29, 1.82) is 0 Å². The monoisotopic (exact) mass is 275 g/mol. The predicted molar refractivity (Wildman–Crippen MR) is 91.8 cm³/mol. The van der Waals surface area contributed by atoms with Crippen molar-refractivity contribution in [3.05, 3.63) is 77.9 Å². The van der Waals surface area contributed by atoms with Crippen molar-refractivity contribution >= 4 is 16.5 Å². The zero-order valence-corrected chi connectivity index (χ0v) is 12.6. The molecule has 21 heavy (non-hydrogen) atoms. The zero-order chi connectivity index (χ0) is 14.7. The third-order valence-electron chi connectivity index (χ3n) is 3.93. The first kappa shape index (κ1) is 13.7. The third kappa shape index (κ3) is 2.92. The number of nitrogens with one attached hydrogen (secondary N) is 1. The Morgan fingerprint density at radius 1 is 0.810 bits per heavy atom. The lowest BCUT2D eigenvalue weighted by atomic mass is 10.0. The average Bonchev–Trinajstić information content (AvgIpc) is 2.53. The van der Waals surface area contributed by atoms with Crippen LogP contribution >= 0.6 is 0 Å². The Hall–Kier alpha value is -2.28. The van der Waals surface area contributed by atoms with Gasteiger partial charge in [0.1, 0.15) is 0 Å². The lowest BCUT2D eigenvalue weighted by molar-refractivity contribution is 0.865. The molecule has 0 fully saturated rings. The minimum absolute atomic E-state index is 0.529. The van der Waals surface area contributed by atoms with E-state index in [1.807, 2.05) is 0 Å². The summed E-state index contributed by atoms with van der Waals surface area (Å²) in [4.78, 5) is 0. The molecule has 0 aliphatic carbocycles. The van der Waals surface area contributed by atoms with Crippen LogP contribution in [0.5, 0.6) is 0 Å². The molecule has 0 heterocycles. The first-order valence-corrected chi connectivity index (χ1v) is 7.55. The molecule has 106 valence electrons. The fraction of sp³-hybridized carbons (Fsp3) is 0.200. The first-order valence-electron chi connectivity index (χ1n) is 7.55. The van der Waals surface area contributed by atoms with E-state index in [1.165, 1.54) is 27.6 Å². The standard InChI is InChI=1S/C20H21N/c1-15(2)18-11-5-6-13-20(18)21-14-17-10-7-9-16-8-3-4-12-19(16)17/h3-13,15,21H,14H2,1-2H3. The van der Waals surface area contributed by atoms with Gasteiger partial charge in [0.05, 0.1) is 0 Å². The highest BCUT2D eigenvalue weighted by Crippen LogP contribution is 2.25. The number of anilines is 1. The molecule has 0 unspecified atom stereocenters. The van der Waals surface area contributed by atoms with Gasteiger partial charge in [0.15, 0.2) is 0 Å². The molecule has 0 saturated heterocycles. The molecule has 0 aromatic heterocycles.